The average molecular weight is 1010 g/mol. The van der Waals surface area contributed by atoms with Crippen LogP contribution in [0, 0.1) is 12.8 Å². The largest absolute Gasteiger partial charge is 0.455 e. The van der Waals surface area contributed by atoms with E-state index in [1.807, 2.05) is 94.5 Å². The predicted molar refractivity (Wildman–Crippen MR) is 290 cm³/mol. The van der Waals surface area contributed by atoms with Crippen LogP contribution < -0.4 is 20.9 Å². The number of nitrogens with one attached hydrogen (secondary N) is 3. The highest BCUT2D eigenvalue weighted by molar-refractivity contribution is 7.22. The third-order valence-corrected chi connectivity index (χ3v) is 15.5. The smallest absolute Gasteiger partial charge is 0.358 e. The zero-order valence-corrected chi connectivity index (χ0v) is 43.6. The van der Waals surface area contributed by atoms with Gasteiger partial charge in [0.2, 0.25) is 17.7 Å². The number of likely N-dealkylation sites (tertiary alicyclic amines) is 1. The third-order valence-electron chi connectivity index (χ3n) is 14.5. The summed E-state index contributed by atoms with van der Waals surface area (Å²) in [6, 6.07) is 29.8. The van der Waals surface area contributed by atoms with Crippen molar-refractivity contribution in [2.24, 2.45) is 13.0 Å². The maximum absolute atomic E-state index is 14.0. The number of nitrogens with zero attached hydrogens (tertiary/aromatic N) is 6. The standard InChI is InChI=1S/C58H63N9O6S/c1-35-31-37(12-7-6-11-36-25-28-66(29-26-36)34-51(69)59-39-18-20-43-47(32-39)65(5)64-52(43)44-22-24-50(68)62-55(44)71)17-19-40(35)41-21-23-49(61-53(41)56(72)73-58(2,3)4)67-30-27-38-13-10-14-42(45(38)33-67)54(70)63-57-60-46-15-8-9-16-48(46)74-57/h8-10,13-21,23,31-32,36,44H,6-7,11-12,22,24-30,33-34H2,1-5H3,(H,59,69)(H,60,63,70)(H,62,68,71). The minimum atomic E-state index is -0.720. The number of carbonyl (C=O) groups excluding carboxylic acids is 5. The zero-order valence-electron chi connectivity index (χ0n) is 42.8. The van der Waals surface area contributed by atoms with Crippen molar-refractivity contribution >= 4 is 78.7 Å². The summed E-state index contributed by atoms with van der Waals surface area (Å²) in [5.74, 6) is -0.534. The Labute approximate surface area is 435 Å². The summed E-state index contributed by atoms with van der Waals surface area (Å²) in [5, 5.41) is 14.5. The number of anilines is 3. The van der Waals surface area contributed by atoms with Crippen LogP contribution in [0.2, 0.25) is 0 Å². The number of aryl methyl sites for hydroxylation is 3. The van der Waals surface area contributed by atoms with E-state index in [-0.39, 0.29) is 35.7 Å². The van der Waals surface area contributed by atoms with Gasteiger partial charge < -0.3 is 15.0 Å². The highest BCUT2D eigenvalue weighted by Crippen LogP contribution is 2.35. The van der Waals surface area contributed by atoms with Crippen molar-refractivity contribution < 1.29 is 28.7 Å². The lowest BCUT2D eigenvalue weighted by Crippen LogP contribution is -2.39. The number of amides is 4. The van der Waals surface area contributed by atoms with Crippen LogP contribution in [0.25, 0.3) is 32.2 Å². The van der Waals surface area contributed by atoms with Crippen LogP contribution in [-0.2, 0) is 45.6 Å². The molecule has 3 aliphatic heterocycles. The number of rotatable bonds is 14. The minimum absolute atomic E-state index is 0.0602. The molecule has 3 aliphatic rings. The summed E-state index contributed by atoms with van der Waals surface area (Å²) in [7, 11) is 1.82. The van der Waals surface area contributed by atoms with Gasteiger partial charge >= 0.3 is 5.97 Å². The monoisotopic (exact) mass is 1010 g/mol. The number of piperidine rings is 2. The molecule has 15 nitrogen and oxygen atoms in total. The number of pyridine rings is 1. The Morgan fingerprint density at radius 2 is 1.66 bits per heavy atom. The Morgan fingerprint density at radius 3 is 2.45 bits per heavy atom. The fourth-order valence-electron chi connectivity index (χ4n) is 10.8. The van der Waals surface area contributed by atoms with Gasteiger partial charge in [0.15, 0.2) is 10.8 Å². The first-order chi connectivity index (χ1) is 35.6. The van der Waals surface area contributed by atoms with Crippen LogP contribution in [0.1, 0.15) is 120 Å². The number of benzene rings is 4. The van der Waals surface area contributed by atoms with Crippen LogP contribution in [-0.4, -0.2) is 86.0 Å². The number of aromatic nitrogens is 4. The molecule has 74 heavy (non-hydrogen) atoms. The molecule has 382 valence electrons. The van der Waals surface area contributed by atoms with Crippen LogP contribution in [0.4, 0.5) is 16.6 Å². The predicted octanol–water partition coefficient (Wildman–Crippen LogP) is 9.91. The van der Waals surface area contributed by atoms with Gasteiger partial charge in [-0.25, -0.2) is 14.8 Å². The van der Waals surface area contributed by atoms with Crippen molar-refractivity contribution in [1.29, 1.82) is 0 Å². The maximum Gasteiger partial charge on any atom is 0.358 e. The second kappa shape index (κ2) is 21.3. The Kier molecular flexibility index (Phi) is 14.4. The second-order valence-corrected chi connectivity index (χ2v) is 22.1. The number of esters is 1. The van der Waals surface area contributed by atoms with Crippen LogP contribution in [0.3, 0.4) is 0 Å². The number of thiazole rings is 1. The number of hydrogen-bond acceptors (Lipinski definition) is 12. The van der Waals surface area contributed by atoms with Crippen molar-refractivity contribution in [3.05, 3.63) is 130 Å². The molecule has 0 aliphatic carbocycles. The summed E-state index contributed by atoms with van der Waals surface area (Å²) in [6.45, 7) is 10.9. The summed E-state index contributed by atoms with van der Waals surface area (Å²) in [4.78, 5) is 79.2. The van der Waals surface area contributed by atoms with Crippen LogP contribution in [0.15, 0.2) is 91.0 Å². The highest BCUT2D eigenvalue weighted by atomic mass is 32.1. The molecule has 0 bridgehead atoms. The van der Waals surface area contributed by atoms with E-state index in [9.17, 15) is 24.0 Å². The fraction of sp³-hybridized carbons (Fsp3) is 0.379. The van der Waals surface area contributed by atoms with Gasteiger partial charge in [0, 0.05) is 48.8 Å². The summed E-state index contributed by atoms with van der Waals surface area (Å²) in [6.07, 6.45) is 7.86. The first-order valence-electron chi connectivity index (χ1n) is 25.8. The van der Waals surface area contributed by atoms with Gasteiger partial charge in [-0.3, -0.25) is 39.4 Å². The van der Waals surface area contributed by atoms with E-state index in [1.54, 1.807) is 4.68 Å². The molecule has 2 saturated heterocycles. The van der Waals surface area contributed by atoms with E-state index in [0.717, 1.165) is 107 Å². The van der Waals surface area contributed by atoms with Crippen LogP contribution >= 0.6 is 11.3 Å². The Bertz CT molecular complexity index is 3280. The van der Waals surface area contributed by atoms with Gasteiger partial charge in [-0.05, 0) is 162 Å². The normalized spacial score (nSPS) is 16.6. The average Bonchev–Trinajstić information content (AvgIpc) is 3.94. The number of para-hydroxylation sites is 1. The molecule has 3 aromatic heterocycles. The van der Waals surface area contributed by atoms with E-state index in [1.165, 1.54) is 16.9 Å². The Morgan fingerprint density at radius 1 is 0.851 bits per heavy atom. The van der Waals surface area contributed by atoms with E-state index >= 15 is 0 Å². The third kappa shape index (κ3) is 11.3. The van der Waals surface area contributed by atoms with Gasteiger partial charge in [0.25, 0.3) is 5.91 Å². The quantitative estimate of drug-likeness (QED) is 0.0536. The first kappa shape index (κ1) is 50.2. The summed E-state index contributed by atoms with van der Waals surface area (Å²) < 4.78 is 8.69. The van der Waals surface area contributed by atoms with Crippen molar-refractivity contribution in [2.75, 3.05) is 41.7 Å². The van der Waals surface area contributed by atoms with E-state index in [2.05, 4.69) is 67.0 Å². The molecule has 1 atom stereocenters. The zero-order chi connectivity index (χ0) is 51.7. The molecule has 2 fully saturated rings. The number of unbranched alkanes of at least 4 members (excludes halogenated alkanes) is 1. The number of hydrogen-bond donors (Lipinski definition) is 3. The highest BCUT2D eigenvalue weighted by Gasteiger charge is 2.32. The van der Waals surface area contributed by atoms with Gasteiger partial charge in [-0.2, -0.15) is 5.10 Å². The molecule has 1 unspecified atom stereocenters. The summed E-state index contributed by atoms with van der Waals surface area (Å²) >= 11 is 1.45. The molecular weight excluding hydrogens is 951 g/mol. The van der Waals surface area contributed by atoms with Crippen molar-refractivity contribution in [3.8, 4) is 11.1 Å². The molecule has 0 saturated carbocycles. The van der Waals surface area contributed by atoms with Gasteiger partial charge in [-0.15, -0.1) is 0 Å². The van der Waals surface area contributed by atoms with Crippen molar-refractivity contribution in [3.63, 3.8) is 0 Å². The molecule has 3 N–H and O–H groups in total. The Balaban J connectivity index is 0.723. The molecule has 6 heterocycles. The molecule has 4 amide bonds. The SMILES string of the molecule is Cc1cc(CCCCC2CCN(CC(=O)Nc3ccc4c(C5CCC(=O)NC5=O)nn(C)c4c3)CC2)ccc1-c1ccc(N2CCc3cccc(C(=O)Nc4nc5ccccc5s4)c3C2)nc1C(=O)OC(C)(C)C. The van der Waals surface area contributed by atoms with Crippen molar-refractivity contribution in [1.82, 2.24) is 30.0 Å². The molecule has 16 heteroatoms. The molecule has 10 rings (SSSR count). The lowest BCUT2D eigenvalue weighted by Gasteiger charge is -2.31. The molecule has 7 aromatic rings. The number of imide groups is 1. The molecule has 0 spiro atoms. The van der Waals surface area contributed by atoms with Gasteiger partial charge in [0.1, 0.15) is 11.4 Å². The molecule has 4 aromatic carbocycles. The van der Waals surface area contributed by atoms with E-state index in [4.69, 9.17) is 9.72 Å². The van der Waals surface area contributed by atoms with Crippen molar-refractivity contribution in [2.45, 2.75) is 104 Å². The lowest BCUT2D eigenvalue weighted by atomic mass is 9.90. The second-order valence-electron chi connectivity index (χ2n) is 21.0. The first-order valence-corrected chi connectivity index (χ1v) is 26.6. The number of ether oxygens (including phenoxy) is 1. The number of carbonyl (C=O) groups is 5. The van der Waals surface area contributed by atoms with Gasteiger partial charge in [0.05, 0.1) is 33.9 Å². The van der Waals surface area contributed by atoms with E-state index in [0.29, 0.717) is 59.9 Å². The fourth-order valence-corrected chi connectivity index (χ4v) is 11.6. The summed E-state index contributed by atoms with van der Waals surface area (Å²) in [5.41, 5.74) is 9.13. The minimum Gasteiger partial charge on any atom is -0.455 e. The van der Waals surface area contributed by atoms with Crippen LogP contribution in [0.5, 0.6) is 0 Å². The molecular formula is C58H63N9O6S. The topological polar surface area (TPSA) is 181 Å². The lowest BCUT2D eigenvalue weighted by molar-refractivity contribution is -0.134. The van der Waals surface area contributed by atoms with E-state index < -0.39 is 17.5 Å². The molecule has 0 radical (unpaired) electrons. The Hall–Kier alpha value is -7.30. The maximum atomic E-state index is 14.0. The van der Waals surface area contributed by atoms with Gasteiger partial charge in [-0.1, -0.05) is 66.6 Å². The number of fused-ring (bicyclic) bond motifs is 3.